The summed E-state index contributed by atoms with van der Waals surface area (Å²) < 4.78 is 28.6. The maximum atomic E-state index is 12.8. The summed E-state index contributed by atoms with van der Waals surface area (Å²) in [6.45, 7) is 2.08. The molecule has 0 unspecified atom stereocenters. The van der Waals surface area contributed by atoms with E-state index >= 15 is 0 Å². The molecule has 2 heterocycles. The second-order valence-corrected chi connectivity index (χ2v) is 8.55. The number of hydrogen-bond acceptors (Lipinski definition) is 5. The highest BCUT2D eigenvalue weighted by molar-refractivity contribution is 7.89. The lowest BCUT2D eigenvalue weighted by atomic mass is 9.98. The van der Waals surface area contributed by atoms with Crippen LogP contribution < -0.4 is 0 Å². The van der Waals surface area contributed by atoms with E-state index in [-0.39, 0.29) is 11.1 Å². The third-order valence-corrected chi connectivity index (χ3v) is 7.41. The first-order valence-electron chi connectivity index (χ1n) is 7.39. The highest BCUT2D eigenvalue weighted by Gasteiger charge is 2.35. The minimum absolute atomic E-state index is 0.124. The molecular weight excluding hydrogens is 320 g/mol. The topological polar surface area (TPSA) is 68.1 Å². The van der Waals surface area contributed by atoms with Gasteiger partial charge in [0.25, 0.3) is 10.0 Å². The Balaban J connectivity index is 1.99. The van der Waals surface area contributed by atoms with Gasteiger partial charge in [0, 0.05) is 19.0 Å². The van der Waals surface area contributed by atoms with Gasteiger partial charge in [-0.25, -0.2) is 13.4 Å². The summed E-state index contributed by atoms with van der Waals surface area (Å²) >= 11 is 1.65. The van der Waals surface area contributed by atoms with Crippen molar-refractivity contribution in [2.45, 2.75) is 43.7 Å². The number of aryl methyl sites for hydroxylation is 3. The Bertz CT molecular complexity index is 779. The SMILES string of the molecule is CCc1nc2c(s1)[C@@H](N(C)S(=O)(=O)c1ccnn1C)CCC2. The molecule has 1 aliphatic carbocycles. The number of aromatic nitrogens is 3. The molecule has 120 valence electrons. The summed E-state index contributed by atoms with van der Waals surface area (Å²) in [5.74, 6) is 0. The zero-order chi connectivity index (χ0) is 15.9. The molecule has 0 saturated carbocycles. The van der Waals surface area contributed by atoms with E-state index in [1.807, 2.05) is 0 Å². The Morgan fingerprint density at radius 1 is 1.50 bits per heavy atom. The maximum Gasteiger partial charge on any atom is 0.260 e. The van der Waals surface area contributed by atoms with Crippen molar-refractivity contribution in [3.05, 3.63) is 27.8 Å². The van der Waals surface area contributed by atoms with Gasteiger partial charge in [0.05, 0.1) is 22.9 Å². The van der Waals surface area contributed by atoms with Gasteiger partial charge in [-0.05, 0) is 31.7 Å². The predicted octanol–water partition coefficient (Wildman–Crippen LogP) is 2.14. The Kier molecular flexibility index (Phi) is 4.09. The van der Waals surface area contributed by atoms with Gasteiger partial charge in [0.1, 0.15) is 0 Å². The molecule has 1 atom stereocenters. The zero-order valence-electron chi connectivity index (χ0n) is 13.0. The van der Waals surface area contributed by atoms with Crippen molar-refractivity contribution in [2.24, 2.45) is 7.05 Å². The molecule has 0 fully saturated rings. The Hall–Kier alpha value is -1.25. The first-order chi connectivity index (χ1) is 10.4. The van der Waals surface area contributed by atoms with Crippen molar-refractivity contribution in [1.29, 1.82) is 0 Å². The number of fused-ring (bicyclic) bond motifs is 1. The van der Waals surface area contributed by atoms with E-state index in [9.17, 15) is 8.42 Å². The average Bonchev–Trinajstić information content (AvgIpc) is 3.11. The van der Waals surface area contributed by atoms with Gasteiger partial charge in [0.15, 0.2) is 5.03 Å². The van der Waals surface area contributed by atoms with Crippen molar-refractivity contribution in [3.8, 4) is 0 Å². The lowest BCUT2D eigenvalue weighted by Crippen LogP contribution is -2.33. The van der Waals surface area contributed by atoms with E-state index in [1.54, 1.807) is 31.5 Å². The Morgan fingerprint density at radius 3 is 2.91 bits per heavy atom. The standard InChI is InChI=1S/C14H20N4O2S2/c1-4-12-16-10-6-5-7-11(14(10)21-12)18(3)22(19,20)13-8-9-15-17(13)2/h8-9,11H,4-7H2,1-3H3/t11-/m0/s1. The molecule has 2 aromatic heterocycles. The minimum Gasteiger partial charge on any atom is -0.256 e. The van der Waals surface area contributed by atoms with Crippen LogP contribution in [0.5, 0.6) is 0 Å². The largest absolute Gasteiger partial charge is 0.260 e. The van der Waals surface area contributed by atoms with Crippen LogP contribution in [-0.4, -0.2) is 34.5 Å². The molecular formula is C14H20N4O2S2. The number of hydrogen-bond donors (Lipinski definition) is 0. The van der Waals surface area contributed by atoms with Crippen molar-refractivity contribution >= 4 is 21.4 Å². The van der Waals surface area contributed by atoms with Crippen LogP contribution in [0.15, 0.2) is 17.3 Å². The number of rotatable bonds is 4. The van der Waals surface area contributed by atoms with Gasteiger partial charge >= 0.3 is 0 Å². The van der Waals surface area contributed by atoms with Crippen LogP contribution in [-0.2, 0) is 29.9 Å². The number of thiazole rings is 1. The van der Waals surface area contributed by atoms with Crippen molar-refractivity contribution < 1.29 is 8.42 Å². The van der Waals surface area contributed by atoms with Crippen LogP contribution in [0.25, 0.3) is 0 Å². The van der Waals surface area contributed by atoms with Gasteiger partial charge in [0.2, 0.25) is 0 Å². The first-order valence-corrected chi connectivity index (χ1v) is 9.65. The fourth-order valence-electron chi connectivity index (χ4n) is 2.88. The molecule has 3 rings (SSSR count). The molecule has 0 amide bonds. The van der Waals surface area contributed by atoms with E-state index in [0.29, 0.717) is 0 Å². The summed E-state index contributed by atoms with van der Waals surface area (Å²) in [5, 5.41) is 5.28. The lowest BCUT2D eigenvalue weighted by Gasteiger charge is -2.29. The molecule has 0 radical (unpaired) electrons. The molecule has 8 heteroatoms. The van der Waals surface area contributed by atoms with E-state index in [0.717, 1.165) is 41.3 Å². The first kappa shape index (κ1) is 15.6. The number of sulfonamides is 1. The highest BCUT2D eigenvalue weighted by Crippen LogP contribution is 2.39. The molecule has 0 spiro atoms. The Labute approximate surface area is 134 Å². The van der Waals surface area contributed by atoms with Gasteiger partial charge in [-0.2, -0.15) is 9.40 Å². The molecule has 0 N–H and O–H groups in total. The van der Waals surface area contributed by atoms with Crippen molar-refractivity contribution in [3.63, 3.8) is 0 Å². The number of nitrogens with zero attached hydrogens (tertiary/aromatic N) is 4. The predicted molar refractivity (Wildman–Crippen MR) is 85.3 cm³/mol. The molecule has 6 nitrogen and oxygen atoms in total. The summed E-state index contributed by atoms with van der Waals surface area (Å²) in [5.41, 5.74) is 1.07. The van der Waals surface area contributed by atoms with Gasteiger partial charge in [-0.15, -0.1) is 11.3 Å². The molecule has 22 heavy (non-hydrogen) atoms. The van der Waals surface area contributed by atoms with Gasteiger partial charge in [-0.1, -0.05) is 6.92 Å². The van der Waals surface area contributed by atoms with Crippen LogP contribution in [0.2, 0.25) is 0 Å². The van der Waals surface area contributed by atoms with Crippen LogP contribution >= 0.6 is 11.3 Å². The lowest BCUT2D eigenvalue weighted by molar-refractivity contribution is 0.338. The summed E-state index contributed by atoms with van der Waals surface area (Å²) in [6.07, 6.45) is 5.15. The van der Waals surface area contributed by atoms with Crippen LogP contribution in [0.3, 0.4) is 0 Å². The monoisotopic (exact) mass is 340 g/mol. The van der Waals surface area contributed by atoms with Gasteiger partial charge < -0.3 is 0 Å². The molecule has 0 aliphatic heterocycles. The van der Waals surface area contributed by atoms with E-state index < -0.39 is 10.0 Å². The molecule has 1 aliphatic rings. The van der Waals surface area contributed by atoms with Crippen molar-refractivity contribution in [2.75, 3.05) is 7.05 Å². The van der Waals surface area contributed by atoms with E-state index in [1.165, 1.54) is 15.2 Å². The van der Waals surface area contributed by atoms with Crippen molar-refractivity contribution in [1.82, 2.24) is 19.1 Å². The maximum absolute atomic E-state index is 12.8. The molecule has 0 aromatic carbocycles. The third-order valence-electron chi connectivity index (χ3n) is 4.13. The Morgan fingerprint density at radius 2 is 2.27 bits per heavy atom. The highest BCUT2D eigenvalue weighted by atomic mass is 32.2. The summed E-state index contributed by atoms with van der Waals surface area (Å²) in [4.78, 5) is 5.75. The molecule has 0 bridgehead atoms. The van der Waals surface area contributed by atoms with Crippen LogP contribution in [0, 0.1) is 0 Å². The quantitative estimate of drug-likeness (QED) is 0.855. The van der Waals surface area contributed by atoms with Gasteiger partial charge in [-0.3, -0.25) is 4.68 Å². The fraction of sp³-hybridized carbons (Fsp3) is 0.571. The zero-order valence-corrected chi connectivity index (χ0v) is 14.6. The molecule has 0 saturated heterocycles. The summed E-state index contributed by atoms with van der Waals surface area (Å²) in [7, 11) is -0.246. The average molecular weight is 340 g/mol. The fourth-order valence-corrected chi connectivity index (χ4v) is 5.63. The van der Waals surface area contributed by atoms with E-state index in [2.05, 4.69) is 17.0 Å². The van der Waals surface area contributed by atoms with E-state index in [4.69, 9.17) is 0 Å². The van der Waals surface area contributed by atoms with Crippen LogP contribution in [0.1, 0.15) is 41.4 Å². The minimum atomic E-state index is -3.55. The third kappa shape index (κ3) is 2.49. The second-order valence-electron chi connectivity index (χ2n) is 5.49. The smallest absolute Gasteiger partial charge is 0.256 e. The normalized spacial score (nSPS) is 18.6. The van der Waals surface area contributed by atoms with Crippen LogP contribution in [0.4, 0.5) is 0 Å². The molecule has 2 aromatic rings. The second kappa shape index (κ2) is 5.75. The summed E-state index contributed by atoms with van der Waals surface area (Å²) in [6, 6.07) is 1.42.